The first kappa shape index (κ1) is 22.5. The normalized spacial score (nSPS) is 18.0. The summed E-state index contributed by atoms with van der Waals surface area (Å²) in [6, 6.07) is 0. The molecular formula is C17H33N3O6. The monoisotopic (exact) mass is 375 g/mol. The lowest BCUT2D eigenvalue weighted by molar-refractivity contribution is -0.114. The van der Waals surface area contributed by atoms with Crippen molar-refractivity contribution in [3.05, 3.63) is 0 Å². The molecule has 0 aromatic heterocycles. The van der Waals surface area contributed by atoms with Gasteiger partial charge in [0.05, 0.1) is 32.3 Å². The lowest BCUT2D eigenvalue weighted by Gasteiger charge is -2.48. The molecule has 0 bridgehead atoms. The zero-order chi connectivity index (χ0) is 20.3. The molecule has 1 rings (SSSR count). The molecule has 1 atom stereocenters. The predicted octanol–water partition coefficient (Wildman–Crippen LogP) is 0.525. The minimum Gasteiger partial charge on any atom is -0.444 e. The molecule has 0 saturated carbocycles. The van der Waals surface area contributed by atoms with Crippen LogP contribution in [0.4, 0.5) is 9.59 Å². The molecule has 0 radical (unpaired) electrons. The van der Waals surface area contributed by atoms with Gasteiger partial charge in [0, 0.05) is 6.54 Å². The molecule has 1 fully saturated rings. The first-order valence-corrected chi connectivity index (χ1v) is 8.70. The van der Waals surface area contributed by atoms with Gasteiger partial charge in [0.2, 0.25) is 0 Å². The van der Waals surface area contributed by atoms with Crippen molar-refractivity contribution in [1.29, 1.82) is 0 Å². The van der Waals surface area contributed by atoms with Crippen molar-refractivity contribution >= 4 is 12.2 Å². The van der Waals surface area contributed by atoms with Gasteiger partial charge in [-0.15, -0.1) is 0 Å². The van der Waals surface area contributed by atoms with Crippen molar-refractivity contribution in [3.8, 4) is 0 Å². The Balaban J connectivity index is 2.70. The number of hydrogen-bond acceptors (Lipinski definition) is 7. The molecule has 26 heavy (non-hydrogen) atoms. The van der Waals surface area contributed by atoms with Gasteiger partial charge in [-0.1, -0.05) is 0 Å². The Morgan fingerprint density at radius 1 is 1.15 bits per heavy atom. The Bertz CT molecular complexity index is 506. The van der Waals surface area contributed by atoms with Crippen LogP contribution in [0.2, 0.25) is 0 Å². The molecular weight excluding hydrogens is 342 g/mol. The SMILES string of the molecule is CC(C)(C)OC(=O)N(C[C@H](O)CN)CC1(O)CN(C(=O)OC(C)(C)C)C1. The molecule has 0 spiro atoms. The number of aliphatic hydroxyl groups excluding tert-OH is 1. The fraction of sp³-hybridized carbons (Fsp3) is 0.882. The summed E-state index contributed by atoms with van der Waals surface area (Å²) in [6.07, 6.45) is -2.12. The van der Waals surface area contributed by atoms with Gasteiger partial charge in [-0.2, -0.15) is 0 Å². The van der Waals surface area contributed by atoms with Crippen LogP contribution in [0, 0.1) is 0 Å². The number of nitrogens with two attached hydrogens (primary N) is 1. The predicted molar refractivity (Wildman–Crippen MR) is 95.6 cm³/mol. The van der Waals surface area contributed by atoms with Crippen LogP contribution in [0.1, 0.15) is 41.5 Å². The Kier molecular flexibility index (Phi) is 6.89. The molecule has 2 amide bonds. The van der Waals surface area contributed by atoms with Gasteiger partial charge in [-0.3, -0.25) is 0 Å². The molecule has 1 saturated heterocycles. The Morgan fingerprint density at radius 3 is 2.08 bits per heavy atom. The summed E-state index contributed by atoms with van der Waals surface area (Å²) in [5.41, 5.74) is 2.79. The Morgan fingerprint density at radius 2 is 1.65 bits per heavy atom. The number of hydrogen-bond donors (Lipinski definition) is 3. The van der Waals surface area contributed by atoms with E-state index in [9.17, 15) is 19.8 Å². The van der Waals surface area contributed by atoms with Crippen molar-refractivity contribution < 1.29 is 29.3 Å². The van der Waals surface area contributed by atoms with E-state index < -0.39 is 35.1 Å². The second-order valence-corrected chi connectivity index (χ2v) is 8.81. The summed E-state index contributed by atoms with van der Waals surface area (Å²) in [5.74, 6) is 0. The highest BCUT2D eigenvalue weighted by Crippen LogP contribution is 2.25. The largest absolute Gasteiger partial charge is 0.444 e. The maximum Gasteiger partial charge on any atom is 0.410 e. The van der Waals surface area contributed by atoms with Crippen molar-refractivity contribution in [2.24, 2.45) is 5.73 Å². The summed E-state index contributed by atoms with van der Waals surface area (Å²) in [4.78, 5) is 26.9. The topological polar surface area (TPSA) is 126 Å². The summed E-state index contributed by atoms with van der Waals surface area (Å²) < 4.78 is 10.6. The molecule has 9 heteroatoms. The van der Waals surface area contributed by atoms with Gasteiger partial charge < -0.3 is 35.2 Å². The van der Waals surface area contributed by atoms with Crippen molar-refractivity contribution in [3.63, 3.8) is 0 Å². The number of nitrogens with zero attached hydrogens (tertiary/aromatic N) is 2. The third-order valence-corrected chi connectivity index (χ3v) is 3.46. The minimum atomic E-state index is -1.29. The second kappa shape index (κ2) is 7.98. The quantitative estimate of drug-likeness (QED) is 0.640. The highest BCUT2D eigenvalue weighted by Gasteiger charge is 2.47. The molecule has 0 unspecified atom stereocenters. The number of rotatable bonds is 5. The zero-order valence-corrected chi connectivity index (χ0v) is 16.6. The fourth-order valence-electron chi connectivity index (χ4n) is 2.43. The second-order valence-electron chi connectivity index (χ2n) is 8.81. The lowest BCUT2D eigenvalue weighted by atomic mass is 9.94. The third kappa shape index (κ3) is 7.35. The molecule has 1 aliphatic heterocycles. The molecule has 4 N–H and O–H groups in total. The average molecular weight is 375 g/mol. The van der Waals surface area contributed by atoms with Crippen molar-refractivity contribution in [2.45, 2.75) is 64.4 Å². The number of amides is 2. The van der Waals surface area contributed by atoms with Gasteiger partial charge in [0.25, 0.3) is 0 Å². The number of ether oxygens (including phenoxy) is 2. The van der Waals surface area contributed by atoms with E-state index in [1.54, 1.807) is 41.5 Å². The van der Waals surface area contributed by atoms with E-state index in [1.807, 2.05) is 0 Å². The van der Waals surface area contributed by atoms with E-state index >= 15 is 0 Å². The summed E-state index contributed by atoms with van der Waals surface area (Å²) in [7, 11) is 0. The van der Waals surface area contributed by atoms with E-state index in [-0.39, 0.29) is 32.7 Å². The number of aliphatic hydroxyl groups is 2. The van der Waals surface area contributed by atoms with Crippen LogP contribution in [0.25, 0.3) is 0 Å². The van der Waals surface area contributed by atoms with Crippen LogP contribution in [0.3, 0.4) is 0 Å². The smallest absolute Gasteiger partial charge is 0.410 e. The van der Waals surface area contributed by atoms with Crippen LogP contribution in [-0.4, -0.2) is 87.8 Å². The zero-order valence-electron chi connectivity index (χ0n) is 16.6. The Labute approximate surface area is 155 Å². The number of carbonyl (C=O) groups excluding carboxylic acids is 2. The van der Waals surface area contributed by atoms with E-state index in [0.717, 1.165) is 0 Å². The molecule has 0 aromatic carbocycles. The number of likely N-dealkylation sites (tertiary alicyclic amines) is 1. The first-order valence-electron chi connectivity index (χ1n) is 8.70. The number of carbonyl (C=O) groups is 2. The van der Waals surface area contributed by atoms with Gasteiger partial charge >= 0.3 is 12.2 Å². The average Bonchev–Trinajstić information content (AvgIpc) is 2.39. The van der Waals surface area contributed by atoms with Crippen molar-refractivity contribution in [2.75, 3.05) is 32.7 Å². The first-order chi connectivity index (χ1) is 11.6. The van der Waals surface area contributed by atoms with E-state index in [4.69, 9.17) is 15.2 Å². The van der Waals surface area contributed by atoms with Crippen LogP contribution in [0.15, 0.2) is 0 Å². The maximum atomic E-state index is 12.4. The van der Waals surface area contributed by atoms with Crippen LogP contribution < -0.4 is 5.73 Å². The fourth-order valence-corrected chi connectivity index (χ4v) is 2.43. The highest BCUT2D eigenvalue weighted by molar-refractivity contribution is 5.70. The van der Waals surface area contributed by atoms with Crippen LogP contribution >= 0.6 is 0 Å². The summed E-state index contributed by atoms with van der Waals surface area (Å²) in [5, 5.41) is 20.4. The molecule has 1 heterocycles. The van der Waals surface area contributed by atoms with Crippen LogP contribution in [0.5, 0.6) is 0 Å². The maximum absolute atomic E-state index is 12.4. The third-order valence-electron chi connectivity index (χ3n) is 3.46. The summed E-state index contributed by atoms with van der Waals surface area (Å²) in [6.45, 7) is 10.3. The standard InChI is InChI=1S/C17H33N3O6/c1-15(2,3)25-13(22)19(8-12(21)7-18)9-17(24)10-20(11-17)14(23)26-16(4,5)6/h12,21,24H,7-11,18H2,1-6H3/t12-/m1/s1. The van der Waals surface area contributed by atoms with Gasteiger partial charge in [-0.25, -0.2) is 9.59 Å². The van der Waals surface area contributed by atoms with Gasteiger partial charge in [0.15, 0.2) is 0 Å². The van der Waals surface area contributed by atoms with E-state index in [0.29, 0.717) is 0 Å². The number of β-amino-alcohol motifs (C(OH)–C–C–N with tert-alkyl or cyclic N) is 1. The molecule has 1 aliphatic rings. The van der Waals surface area contributed by atoms with Gasteiger partial charge in [-0.05, 0) is 41.5 Å². The summed E-state index contributed by atoms with van der Waals surface area (Å²) >= 11 is 0. The molecule has 152 valence electrons. The van der Waals surface area contributed by atoms with E-state index in [1.165, 1.54) is 9.80 Å². The molecule has 0 aliphatic carbocycles. The molecule has 9 nitrogen and oxygen atoms in total. The molecule has 0 aromatic rings. The Hall–Kier alpha value is -1.58. The minimum absolute atomic E-state index is 0.0260. The van der Waals surface area contributed by atoms with Gasteiger partial charge in [0.1, 0.15) is 16.8 Å². The van der Waals surface area contributed by atoms with Crippen molar-refractivity contribution in [1.82, 2.24) is 9.80 Å². The van der Waals surface area contributed by atoms with Crippen LogP contribution in [-0.2, 0) is 9.47 Å². The highest BCUT2D eigenvalue weighted by atomic mass is 16.6. The lowest BCUT2D eigenvalue weighted by Crippen LogP contribution is -2.68. The van der Waals surface area contributed by atoms with E-state index in [2.05, 4.69) is 0 Å².